The van der Waals surface area contributed by atoms with E-state index in [2.05, 4.69) is 40.7 Å². The van der Waals surface area contributed by atoms with Crippen LogP contribution in [0, 0.1) is 0 Å². The zero-order valence-corrected chi connectivity index (χ0v) is 24.3. The number of rotatable bonds is 8. The van der Waals surface area contributed by atoms with Gasteiger partial charge in [-0.2, -0.15) is 0 Å². The molecule has 210 valence electrons. The largest absolute Gasteiger partial charge is 0.350 e. The number of hydrogen-bond donors (Lipinski definition) is 3. The van der Waals surface area contributed by atoms with Crippen LogP contribution in [0.15, 0.2) is 77.7 Å². The molecule has 3 N–H and O–H groups in total. The molecule has 0 saturated carbocycles. The monoisotopic (exact) mass is 558 g/mol. The highest BCUT2D eigenvalue weighted by atomic mass is 32.2. The number of carbonyl (C=O) groups excluding carboxylic acids is 1. The van der Waals surface area contributed by atoms with Gasteiger partial charge in [0.05, 0.1) is 4.90 Å². The second kappa shape index (κ2) is 11.5. The summed E-state index contributed by atoms with van der Waals surface area (Å²) in [6.07, 6.45) is 3.70. The Bertz CT molecular complexity index is 1580. The number of sulfonamides is 1. The normalized spacial score (nSPS) is 14.8. The molecule has 0 unspecified atom stereocenters. The minimum Gasteiger partial charge on any atom is -0.350 e. The van der Waals surface area contributed by atoms with Crippen LogP contribution in [0.5, 0.6) is 0 Å². The number of nitrogens with one attached hydrogen (secondary N) is 3. The van der Waals surface area contributed by atoms with Gasteiger partial charge in [-0.3, -0.25) is 9.52 Å². The van der Waals surface area contributed by atoms with Gasteiger partial charge in [0.25, 0.3) is 15.9 Å². The fraction of sp³-hybridized carbons (Fsp3) is 0.344. The maximum absolute atomic E-state index is 13.4. The summed E-state index contributed by atoms with van der Waals surface area (Å²) in [5.41, 5.74) is 4.29. The Hall–Kier alpha value is -3.62. The molecule has 7 nitrogen and oxygen atoms in total. The van der Waals surface area contributed by atoms with Gasteiger partial charge in [-0.05, 0) is 72.8 Å². The Morgan fingerprint density at radius 2 is 1.62 bits per heavy atom. The maximum Gasteiger partial charge on any atom is 0.268 e. The standard InChI is InChI=1S/C32H38N4O3S/c1-32(2,3)24-12-15-26(16-13-24)40(38,39)35-25-14-17-28-27(22-25)29(23-10-6-4-7-11-23)30(34-28)31(37)33-18-21-36-19-8-5-9-20-36/h4,6-7,10-17,22,34-35H,5,8-9,18-21H2,1-3H3,(H,33,37). The molecule has 2 heterocycles. The Balaban J connectivity index is 1.43. The van der Waals surface area contributed by atoms with Crippen molar-refractivity contribution < 1.29 is 13.2 Å². The van der Waals surface area contributed by atoms with E-state index in [4.69, 9.17) is 0 Å². The first kappa shape index (κ1) is 27.9. The first-order valence-corrected chi connectivity index (χ1v) is 15.5. The zero-order chi connectivity index (χ0) is 28.3. The summed E-state index contributed by atoms with van der Waals surface area (Å²) in [4.78, 5) is 19.3. The van der Waals surface area contributed by atoms with Crippen molar-refractivity contribution in [1.29, 1.82) is 0 Å². The first-order chi connectivity index (χ1) is 19.1. The van der Waals surface area contributed by atoms with E-state index in [1.54, 1.807) is 24.3 Å². The van der Waals surface area contributed by atoms with E-state index in [-0.39, 0.29) is 16.2 Å². The molecule has 5 rings (SSSR count). The number of aromatic amines is 1. The van der Waals surface area contributed by atoms with E-state index in [0.717, 1.165) is 47.2 Å². The first-order valence-electron chi connectivity index (χ1n) is 14.0. The van der Waals surface area contributed by atoms with E-state index in [1.165, 1.54) is 19.3 Å². The Labute approximate surface area is 237 Å². The number of carbonyl (C=O) groups is 1. The van der Waals surface area contributed by atoms with Crippen LogP contribution < -0.4 is 10.0 Å². The molecule has 1 aliphatic heterocycles. The lowest BCUT2D eigenvalue weighted by Crippen LogP contribution is -2.37. The molecular formula is C32H38N4O3S. The predicted molar refractivity (Wildman–Crippen MR) is 162 cm³/mol. The lowest BCUT2D eigenvalue weighted by atomic mass is 9.87. The van der Waals surface area contributed by atoms with Crippen LogP contribution in [0.4, 0.5) is 5.69 Å². The summed E-state index contributed by atoms with van der Waals surface area (Å²) in [7, 11) is -3.80. The number of piperidine rings is 1. The van der Waals surface area contributed by atoms with Crippen LogP contribution in [0.3, 0.4) is 0 Å². The molecule has 40 heavy (non-hydrogen) atoms. The second-order valence-corrected chi connectivity index (χ2v) is 13.2. The highest BCUT2D eigenvalue weighted by Gasteiger charge is 2.22. The molecule has 0 atom stereocenters. The summed E-state index contributed by atoms with van der Waals surface area (Å²) in [5.74, 6) is -0.173. The number of benzene rings is 3. The van der Waals surface area contributed by atoms with Gasteiger partial charge < -0.3 is 15.2 Å². The number of hydrogen-bond acceptors (Lipinski definition) is 4. The summed E-state index contributed by atoms with van der Waals surface area (Å²) in [6, 6.07) is 22.0. The molecule has 3 aromatic carbocycles. The average molecular weight is 559 g/mol. The molecule has 0 spiro atoms. The molecule has 0 bridgehead atoms. The second-order valence-electron chi connectivity index (χ2n) is 11.5. The molecule has 8 heteroatoms. The molecule has 1 fully saturated rings. The zero-order valence-electron chi connectivity index (χ0n) is 23.5. The number of amides is 1. The summed E-state index contributed by atoms with van der Waals surface area (Å²) < 4.78 is 29.2. The van der Waals surface area contributed by atoms with Crippen LogP contribution >= 0.6 is 0 Å². The van der Waals surface area contributed by atoms with Crippen LogP contribution in [-0.2, 0) is 15.4 Å². The van der Waals surface area contributed by atoms with Gasteiger partial charge in [0.2, 0.25) is 0 Å². The van der Waals surface area contributed by atoms with Gasteiger partial charge in [0, 0.05) is 35.2 Å². The van der Waals surface area contributed by atoms with Gasteiger partial charge in [-0.15, -0.1) is 0 Å². The summed E-state index contributed by atoms with van der Waals surface area (Å²) in [5, 5.41) is 3.86. The number of likely N-dealkylation sites (tertiary alicyclic amines) is 1. The number of nitrogens with zero attached hydrogens (tertiary/aromatic N) is 1. The lowest BCUT2D eigenvalue weighted by molar-refractivity contribution is 0.0943. The van der Waals surface area contributed by atoms with Crippen molar-refractivity contribution in [1.82, 2.24) is 15.2 Å². The van der Waals surface area contributed by atoms with Gasteiger partial charge in [-0.1, -0.05) is 69.7 Å². The van der Waals surface area contributed by atoms with Gasteiger partial charge in [-0.25, -0.2) is 8.42 Å². The summed E-state index contributed by atoms with van der Waals surface area (Å²) >= 11 is 0. The van der Waals surface area contributed by atoms with E-state index in [0.29, 0.717) is 17.9 Å². The highest BCUT2D eigenvalue weighted by molar-refractivity contribution is 7.92. The minimum atomic E-state index is -3.80. The fourth-order valence-electron chi connectivity index (χ4n) is 5.28. The van der Waals surface area contributed by atoms with E-state index in [1.807, 2.05) is 48.5 Å². The van der Waals surface area contributed by atoms with Crippen molar-refractivity contribution in [2.45, 2.75) is 50.3 Å². The van der Waals surface area contributed by atoms with Gasteiger partial charge in [0.15, 0.2) is 0 Å². The average Bonchev–Trinajstić information content (AvgIpc) is 3.32. The number of fused-ring (bicyclic) bond motifs is 1. The molecular weight excluding hydrogens is 520 g/mol. The third-order valence-electron chi connectivity index (χ3n) is 7.53. The van der Waals surface area contributed by atoms with Crippen LogP contribution in [0.1, 0.15) is 56.1 Å². The van der Waals surface area contributed by atoms with Crippen LogP contribution in [0.2, 0.25) is 0 Å². The topological polar surface area (TPSA) is 94.3 Å². The molecule has 1 aromatic heterocycles. The number of anilines is 1. The Morgan fingerprint density at radius 3 is 2.30 bits per heavy atom. The molecule has 1 amide bonds. The Kier molecular flexibility index (Phi) is 8.01. The molecule has 1 saturated heterocycles. The highest BCUT2D eigenvalue weighted by Crippen LogP contribution is 2.35. The number of aromatic nitrogens is 1. The Morgan fingerprint density at radius 1 is 0.925 bits per heavy atom. The number of H-pyrrole nitrogens is 1. The SMILES string of the molecule is CC(C)(C)c1ccc(S(=O)(=O)Nc2ccc3[nH]c(C(=O)NCCN4CCCCC4)c(-c4ccccc4)c3c2)cc1. The quantitative estimate of drug-likeness (QED) is 0.242. The van der Waals surface area contributed by atoms with Gasteiger partial charge >= 0.3 is 0 Å². The molecule has 4 aromatic rings. The van der Waals surface area contributed by atoms with Crippen molar-refractivity contribution in [2.75, 3.05) is 30.9 Å². The summed E-state index contributed by atoms with van der Waals surface area (Å²) in [6.45, 7) is 9.84. The maximum atomic E-state index is 13.4. The fourth-order valence-corrected chi connectivity index (χ4v) is 6.33. The smallest absolute Gasteiger partial charge is 0.268 e. The van der Waals surface area contributed by atoms with E-state index in [9.17, 15) is 13.2 Å². The van der Waals surface area contributed by atoms with E-state index < -0.39 is 10.0 Å². The third-order valence-corrected chi connectivity index (χ3v) is 8.93. The van der Waals surface area contributed by atoms with E-state index >= 15 is 0 Å². The van der Waals surface area contributed by atoms with Crippen molar-refractivity contribution in [3.63, 3.8) is 0 Å². The van der Waals surface area contributed by atoms with Gasteiger partial charge in [0.1, 0.15) is 5.69 Å². The lowest BCUT2D eigenvalue weighted by Gasteiger charge is -2.26. The van der Waals surface area contributed by atoms with Crippen LogP contribution in [-0.4, -0.2) is 50.4 Å². The molecule has 1 aliphatic rings. The third kappa shape index (κ3) is 6.24. The van der Waals surface area contributed by atoms with Crippen molar-refractivity contribution in [3.8, 4) is 11.1 Å². The molecule has 0 radical (unpaired) electrons. The van der Waals surface area contributed by atoms with Crippen LogP contribution in [0.25, 0.3) is 22.0 Å². The van der Waals surface area contributed by atoms with Crippen molar-refractivity contribution in [3.05, 3.63) is 84.1 Å². The van der Waals surface area contributed by atoms with Crippen molar-refractivity contribution in [2.24, 2.45) is 0 Å². The molecule has 0 aliphatic carbocycles. The minimum absolute atomic E-state index is 0.0690. The predicted octanol–water partition coefficient (Wildman–Crippen LogP) is 6.15. The van der Waals surface area contributed by atoms with Crippen molar-refractivity contribution >= 4 is 32.5 Å².